The summed E-state index contributed by atoms with van der Waals surface area (Å²) in [4.78, 5) is 26.1. The van der Waals surface area contributed by atoms with Crippen LogP contribution in [0.4, 0.5) is 5.69 Å². The molecule has 2 fully saturated rings. The van der Waals surface area contributed by atoms with Gasteiger partial charge in [-0.3, -0.25) is 9.59 Å². The van der Waals surface area contributed by atoms with Crippen LogP contribution in [0.3, 0.4) is 0 Å². The Morgan fingerprint density at radius 1 is 1.19 bits per heavy atom. The Kier molecular flexibility index (Phi) is 7.59. The normalized spacial score (nSPS) is 23.9. The summed E-state index contributed by atoms with van der Waals surface area (Å²) in [5.41, 5.74) is 0.565. The Hall–Kier alpha value is -1.01. The smallest absolute Gasteiger partial charge is 0.243 e. The van der Waals surface area contributed by atoms with Gasteiger partial charge in [-0.25, -0.2) is 0 Å². The summed E-state index contributed by atoms with van der Waals surface area (Å²) in [5, 5.41) is 7.13. The van der Waals surface area contributed by atoms with E-state index in [4.69, 9.17) is 23.2 Å². The summed E-state index contributed by atoms with van der Waals surface area (Å²) in [6, 6.07) is 6.03. The number of hydrogen-bond donors (Lipinski definition) is 2. The fraction of sp³-hybridized carbons (Fsp3) is 0.556. The first-order valence-electron chi connectivity index (χ1n) is 8.65. The molecule has 2 heterocycles. The minimum absolute atomic E-state index is 0. The molecule has 26 heavy (non-hydrogen) atoms. The van der Waals surface area contributed by atoms with Crippen LogP contribution < -0.4 is 10.6 Å². The van der Waals surface area contributed by atoms with E-state index in [1.807, 2.05) is 0 Å². The zero-order chi connectivity index (χ0) is 18.0. The van der Waals surface area contributed by atoms with Crippen LogP contribution in [0.15, 0.2) is 18.2 Å². The summed E-state index contributed by atoms with van der Waals surface area (Å²) in [6.07, 6.45) is 5.08. The van der Waals surface area contributed by atoms with Gasteiger partial charge in [0.05, 0.1) is 16.6 Å². The van der Waals surface area contributed by atoms with Crippen molar-refractivity contribution in [3.05, 3.63) is 28.2 Å². The van der Waals surface area contributed by atoms with Crippen molar-refractivity contribution in [1.82, 2.24) is 10.2 Å². The molecule has 3 rings (SSSR count). The van der Waals surface area contributed by atoms with Crippen molar-refractivity contribution in [3.63, 3.8) is 0 Å². The van der Waals surface area contributed by atoms with Crippen LogP contribution in [0, 0.1) is 5.92 Å². The quantitative estimate of drug-likeness (QED) is 0.763. The molecule has 5 nitrogen and oxygen atoms in total. The van der Waals surface area contributed by atoms with E-state index < -0.39 is 0 Å². The van der Waals surface area contributed by atoms with Crippen LogP contribution in [0.1, 0.15) is 32.1 Å². The van der Waals surface area contributed by atoms with Crippen molar-refractivity contribution in [2.75, 3.05) is 18.9 Å². The maximum absolute atomic E-state index is 12.4. The lowest BCUT2D eigenvalue weighted by Gasteiger charge is -2.29. The fourth-order valence-corrected chi connectivity index (χ4v) is 4.12. The summed E-state index contributed by atoms with van der Waals surface area (Å²) < 4.78 is 0. The highest BCUT2D eigenvalue weighted by Gasteiger charge is 2.34. The van der Waals surface area contributed by atoms with Crippen LogP contribution >= 0.6 is 35.6 Å². The molecule has 2 N–H and O–H groups in total. The molecule has 2 aliphatic rings. The van der Waals surface area contributed by atoms with Gasteiger partial charge < -0.3 is 15.5 Å². The molecule has 2 aliphatic heterocycles. The molecule has 1 aromatic rings. The number of fused-ring (bicyclic) bond motifs is 2. The standard InChI is InChI=1S/C18H23Cl2N3O2.ClH/c1-23(10-17(24)22-14-4-5-15(19)16(20)9-14)18(25)8-11-6-12-2-3-13(7-11)21-12;/h4-5,9,11-13,21H,2-3,6-8,10H2,1H3,(H,22,24);1H. The number of carbonyl (C=O) groups is 2. The second kappa shape index (κ2) is 9.27. The van der Waals surface area contributed by atoms with Gasteiger partial charge in [0.1, 0.15) is 0 Å². The highest BCUT2D eigenvalue weighted by atomic mass is 35.5. The zero-order valence-electron chi connectivity index (χ0n) is 14.6. The van der Waals surface area contributed by atoms with Crippen molar-refractivity contribution < 1.29 is 9.59 Å². The second-order valence-electron chi connectivity index (χ2n) is 7.11. The van der Waals surface area contributed by atoms with E-state index >= 15 is 0 Å². The van der Waals surface area contributed by atoms with Gasteiger partial charge in [0, 0.05) is 31.2 Å². The number of anilines is 1. The number of piperidine rings is 1. The van der Waals surface area contributed by atoms with Crippen LogP contribution in [0.25, 0.3) is 0 Å². The molecule has 0 aromatic heterocycles. The van der Waals surface area contributed by atoms with Gasteiger partial charge in [-0.05, 0) is 49.8 Å². The molecule has 0 aliphatic carbocycles. The van der Waals surface area contributed by atoms with Gasteiger partial charge in [-0.1, -0.05) is 23.2 Å². The van der Waals surface area contributed by atoms with Crippen LogP contribution in [0.5, 0.6) is 0 Å². The average molecular weight is 421 g/mol. The summed E-state index contributed by atoms with van der Waals surface area (Å²) in [7, 11) is 1.67. The molecule has 2 saturated heterocycles. The highest BCUT2D eigenvalue weighted by molar-refractivity contribution is 6.42. The zero-order valence-corrected chi connectivity index (χ0v) is 17.0. The van der Waals surface area contributed by atoms with Gasteiger partial charge >= 0.3 is 0 Å². The van der Waals surface area contributed by atoms with Gasteiger partial charge in [0.15, 0.2) is 0 Å². The largest absolute Gasteiger partial charge is 0.336 e. The minimum atomic E-state index is -0.250. The lowest BCUT2D eigenvalue weighted by Crippen LogP contribution is -2.41. The van der Waals surface area contributed by atoms with Crippen LogP contribution in [0.2, 0.25) is 10.0 Å². The molecule has 144 valence electrons. The van der Waals surface area contributed by atoms with Gasteiger partial charge in [-0.2, -0.15) is 0 Å². The molecule has 2 unspecified atom stereocenters. The van der Waals surface area contributed by atoms with Crippen molar-refractivity contribution >= 4 is 53.1 Å². The molecule has 2 bridgehead atoms. The van der Waals surface area contributed by atoms with Gasteiger partial charge in [-0.15, -0.1) is 12.4 Å². The first-order chi connectivity index (χ1) is 11.9. The Bertz CT molecular complexity index is 659. The topological polar surface area (TPSA) is 61.4 Å². The van der Waals surface area contributed by atoms with E-state index in [1.54, 1.807) is 25.2 Å². The number of likely N-dealkylation sites (N-methyl/N-ethyl adjacent to an activating group) is 1. The van der Waals surface area contributed by atoms with Gasteiger partial charge in [0.25, 0.3) is 0 Å². The number of carbonyl (C=O) groups excluding carboxylic acids is 2. The number of nitrogens with one attached hydrogen (secondary N) is 2. The summed E-state index contributed by atoms with van der Waals surface area (Å²) in [5.74, 6) is 0.196. The molecule has 1 aromatic carbocycles. The molecule has 0 spiro atoms. The third-order valence-corrected chi connectivity index (χ3v) is 5.78. The van der Waals surface area contributed by atoms with E-state index in [9.17, 15) is 9.59 Å². The molecule has 2 atom stereocenters. The van der Waals surface area contributed by atoms with Crippen molar-refractivity contribution in [2.45, 2.75) is 44.2 Å². The molecule has 8 heteroatoms. The van der Waals surface area contributed by atoms with E-state index in [1.165, 1.54) is 17.7 Å². The number of amides is 2. The number of rotatable bonds is 5. The summed E-state index contributed by atoms with van der Waals surface area (Å²) >= 11 is 11.8. The maximum atomic E-state index is 12.4. The van der Waals surface area contributed by atoms with Crippen LogP contribution in [-0.4, -0.2) is 42.4 Å². The Balaban J connectivity index is 0.00000243. The fourth-order valence-electron chi connectivity index (χ4n) is 3.82. The average Bonchev–Trinajstić information content (AvgIpc) is 2.89. The Morgan fingerprint density at radius 3 is 2.46 bits per heavy atom. The minimum Gasteiger partial charge on any atom is -0.336 e. The molecular weight excluding hydrogens is 397 g/mol. The predicted octanol–water partition coefficient (Wildman–Crippen LogP) is 3.73. The van der Waals surface area contributed by atoms with Gasteiger partial charge in [0.2, 0.25) is 11.8 Å². The second-order valence-corrected chi connectivity index (χ2v) is 7.92. The number of halogens is 3. The SMILES string of the molecule is CN(CC(=O)Nc1ccc(Cl)c(Cl)c1)C(=O)CC1CC2CCC(C1)N2.Cl. The van der Waals surface area contributed by atoms with Crippen LogP contribution in [-0.2, 0) is 9.59 Å². The monoisotopic (exact) mass is 419 g/mol. The Morgan fingerprint density at radius 2 is 1.85 bits per heavy atom. The predicted molar refractivity (Wildman–Crippen MR) is 107 cm³/mol. The van der Waals surface area contributed by atoms with E-state index in [0.717, 1.165) is 12.8 Å². The van der Waals surface area contributed by atoms with Crippen molar-refractivity contribution in [1.29, 1.82) is 0 Å². The maximum Gasteiger partial charge on any atom is 0.243 e. The molecular formula is C18H24Cl3N3O2. The first-order valence-corrected chi connectivity index (χ1v) is 9.41. The molecule has 2 amide bonds. The number of benzene rings is 1. The third-order valence-electron chi connectivity index (χ3n) is 5.04. The van der Waals surface area contributed by atoms with Crippen molar-refractivity contribution in [2.24, 2.45) is 5.92 Å². The molecule has 0 saturated carbocycles. The first kappa shape index (κ1) is 21.3. The number of hydrogen-bond acceptors (Lipinski definition) is 3. The number of nitrogens with zero attached hydrogens (tertiary/aromatic N) is 1. The lowest BCUT2D eigenvalue weighted by molar-refractivity contribution is -0.134. The molecule has 0 radical (unpaired) electrons. The lowest BCUT2D eigenvalue weighted by atomic mass is 9.89. The van der Waals surface area contributed by atoms with Crippen molar-refractivity contribution in [3.8, 4) is 0 Å². The van der Waals surface area contributed by atoms with E-state index in [2.05, 4.69) is 10.6 Å². The third kappa shape index (κ3) is 5.49. The Labute approximate surface area is 170 Å². The highest BCUT2D eigenvalue weighted by Crippen LogP contribution is 2.33. The summed E-state index contributed by atoms with van der Waals surface area (Å²) in [6.45, 7) is 0.0247. The van der Waals surface area contributed by atoms with E-state index in [0.29, 0.717) is 40.2 Å². The van der Waals surface area contributed by atoms with E-state index in [-0.39, 0.29) is 30.8 Å².